The fourth-order valence-electron chi connectivity index (χ4n) is 1.59. The van der Waals surface area contributed by atoms with Gasteiger partial charge in [-0.3, -0.25) is 4.79 Å². The zero-order valence-electron chi connectivity index (χ0n) is 6.80. The Morgan fingerprint density at radius 2 is 2.25 bits per heavy atom. The Bertz CT molecular complexity index is 255. The molecule has 0 aromatic rings. The molecule has 0 fully saturated rings. The van der Waals surface area contributed by atoms with Crippen molar-refractivity contribution in [1.82, 2.24) is 5.32 Å². The van der Waals surface area contributed by atoms with Gasteiger partial charge in [-0.25, -0.2) is 0 Å². The molecule has 2 rings (SSSR count). The maximum absolute atomic E-state index is 11.3. The van der Waals surface area contributed by atoms with E-state index in [-0.39, 0.29) is 12.4 Å². The third kappa shape index (κ3) is 1.59. The number of hydrogen-bond acceptors (Lipinski definition) is 2. The minimum Gasteiger partial charge on any atom is -0.312 e. The summed E-state index contributed by atoms with van der Waals surface area (Å²) in [5.74, 6) is 0.301. The van der Waals surface area contributed by atoms with E-state index < -0.39 is 0 Å². The minimum atomic E-state index is 0. The number of rotatable bonds is 0. The van der Waals surface area contributed by atoms with E-state index in [1.165, 1.54) is 5.57 Å². The Labute approximate surface area is 78.1 Å². The second-order valence-electron chi connectivity index (χ2n) is 2.96. The van der Waals surface area contributed by atoms with Crippen LogP contribution in [0.1, 0.15) is 12.8 Å². The first kappa shape index (κ1) is 9.49. The summed E-state index contributed by atoms with van der Waals surface area (Å²) in [6.07, 6.45) is 5.67. The zero-order chi connectivity index (χ0) is 7.68. The van der Waals surface area contributed by atoms with Crippen LogP contribution >= 0.6 is 12.4 Å². The number of halogens is 1. The van der Waals surface area contributed by atoms with Gasteiger partial charge in [-0.05, 0) is 18.5 Å². The van der Waals surface area contributed by atoms with Gasteiger partial charge in [-0.15, -0.1) is 12.4 Å². The molecule has 1 N–H and O–H groups in total. The molecule has 2 aliphatic rings. The molecule has 0 radical (unpaired) electrons. The summed E-state index contributed by atoms with van der Waals surface area (Å²) in [7, 11) is 0. The first-order valence-corrected chi connectivity index (χ1v) is 4.00. The van der Waals surface area contributed by atoms with E-state index in [4.69, 9.17) is 0 Å². The van der Waals surface area contributed by atoms with Gasteiger partial charge in [0, 0.05) is 18.5 Å². The number of allylic oxidation sites excluding steroid dienone is 2. The highest BCUT2D eigenvalue weighted by atomic mass is 35.5. The fraction of sp³-hybridized carbons (Fsp3) is 0.444. The number of ketones is 1. The quantitative estimate of drug-likeness (QED) is 0.615. The molecule has 66 valence electrons. The monoisotopic (exact) mass is 185 g/mol. The Morgan fingerprint density at radius 3 is 3.00 bits per heavy atom. The number of nitrogens with one attached hydrogen (secondary N) is 1. The highest BCUT2D eigenvalue weighted by Crippen LogP contribution is 2.20. The van der Waals surface area contributed by atoms with Crippen LogP contribution in [-0.2, 0) is 4.79 Å². The fourth-order valence-corrected chi connectivity index (χ4v) is 1.59. The molecule has 1 aliphatic carbocycles. The summed E-state index contributed by atoms with van der Waals surface area (Å²) in [6, 6.07) is 0. The van der Waals surface area contributed by atoms with E-state index in [1.54, 1.807) is 0 Å². The number of carbonyl (C=O) groups excluding carboxylic acids is 1. The van der Waals surface area contributed by atoms with Crippen LogP contribution in [0, 0.1) is 0 Å². The summed E-state index contributed by atoms with van der Waals surface area (Å²) in [5, 5.41) is 3.20. The van der Waals surface area contributed by atoms with Crippen molar-refractivity contribution in [3.05, 3.63) is 23.3 Å². The highest BCUT2D eigenvalue weighted by Gasteiger charge is 2.18. The van der Waals surface area contributed by atoms with Gasteiger partial charge in [-0.2, -0.15) is 0 Å². The lowest BCUT2D eigenvalue weighted by Gasteiger charge is -2.20. The van der Waals surface area contributed by atoms with Crippen molar-refractivity contribution in [2.75, 3.05) is 13.1 Å². The average Bonchev–Trinajstić information content (AvgIpc) is 2.06. The third-order valence-electron chi connectivity index (χ3n) is 2.22. The zero-order valence-corrected chi connectivity index (χ0v) is 7.62. The predicted molar refractivity (Wildman–Crippen MR) is 50.5 cm³/mol. The number of Topliss-reactive ketones (excluding diaryl/α,β-unsaturated/α-hetero) is 1. The van der Waals surface area contributed by atoms with Crippen molar-refractivity contribution in [1.29, 1.82) is 0 Å². The van der Waals surface area contributed by atoms with Crippen LogP contribution in [0.25, 0.3) is 0 Å². The van der Waals surface area contributed by atoms with Gasteiger partial charge in [-0.1, -0.05) is 12.2 Å². The van der Waals surface area contributed by atoms with Crippen LogP contribution in [0.3, 0.4) is 0 Å². The smallest absolute Gasteiger partial charge is 0.164 e. The van der Waals surface area contributed by atoms with Gasteiger partial charge < -0.3 is 5.32 Å². The van der Waals surface area contributed by atoms with E-state index in [1.807, 2.05) is 6.08 Å². The minimum absolute atomic E-state index is 0. The van der Waals surface area contributed by atoms with Crippen LogP contribution in [0.2, 0.25) is 0 Å². The predicted octanol–water partition coefficient (Wildman–Crippen LogP) is 1.23. The van der Waals surface area contributed by atoms with Crippen molar-refractivity contribution in [3.63, 3.8) is 0 Å². The van der Waals surface area contributed by atoms with Gasteiger partial charge in [0.15, 0.2) is 5.78 Å². The second-order valence-corrected chi connectivity index (χ2v) is 2.96. The molecule has 0 saturated carbocycles. The third-order valence-corrected chi connectivity index (χ3v) is 2.22. The molecule has 0 aromatic heterocycles. The van der Waals surface area contributed by atoms with Gasteiger partial charge >= 0.3 is 0 Å². The molecule has 2 nitrogen and oxygen atoms in total. The molecular weight excluding hydrogens is 174 g/mol. The van der Waals surface area contributed by atoms with Crippen LogP contribution in [0.4, 0.5) is 0 Å². The molecule has 1 aliphatic heterocycles. The number of hydrogen-bond donors (Lipinski definition) is 1. The summed E-state index contributed by atoms with van der Waals surface area (Å²) in [4.78, 5) is 11.3. The van der Waals surface area contributed by atoms with Crippen molar-refractivity contribution < 1.29 is 4.79 Å². The number of carbonyl (C=O) groups is 1. The van der Waals surface area contributed by atoms with Crippen LogP contribution < -0.4 is 5.32 Å². The average molecular weight is 186 g/mol. The molecule has 0 saturated heterocycles. The van der Waals surface area contributed by atoms with Crippen LogP contribution in [0.5, 0.6) is 0 Å². The van der Waals surface area contributed by atoms with Crippen LogP contribution in [-0.4, -0.2) is 18.9 Å². The van der Waals surface area contributed by atoms with Gasteiger partial charge in [0.1, 0.15) is 0 Å². The standard InChI is InChI=1S/C9H11NO.ClH/c11-9-3-1-2-7-4-5-10-6-8(7)9;/h1-2,10H,3-6H2;1H. The lowest BCUT2D eigenvalue weighted by Crippen LogP contribution is -2.29. The second kappa shape index (κ2) is 3.87. The SMILES string of the molecule is Cl.O=C1CC=CC2=C1CNCC2. The molecular formula is C9H12ClNO. The lowest BCUT2D eigenvalue weighted by atomic mass is 9.92. The molecule has 0 bridgehead atoms. The topological polar surface area (TPSA) is 29.1 Å². The molecule has 0 unspecified atom stereocenters. The van der Waals surface area contributed by atoms with Gasteiger partial charge in [0.05, 0.1) is 0 Å². The molecule has 1 heterocycles. The Morgan fingerprint density at radius 1 is 1.42 bits per heavy atom. The Hall–Kier alpha value is -0.600. The Kier molecular flexibility index (Phi) is 3.06. The summed E-state index contributed by atoms with van der Waals surface area (Å²) in [6.45, 7) is 1.79. The van der Waals surface area contributed by atoms with Gasteiger partial charge in [0.2, 0.25) is 0 Å². The van der Waals surface area contributed by atoms with Crippen LogP contribution in [0.15, 0.2) is 23.3 Å². The van der Waals surface area contributed by atoms with E-state index in [9.17, 15) is 4.79 Å². The summed E-state index contributed by atoms with van der Waals surface area (Å²) < 4.78 is 0. The van der Waals surface area contributed by atoms with E-state index >= 15 is 0 Å². The molecule has 12 heavy (non-hydrogen) atoms. The highest BCUT2D eigenvalue weighted by molar-refractivity contribution is 5.99. The van der Waals surface area contributed by atoms with E-state index in [2.05, 4.69) is 11.4 Å². The normalized spacial score (nSPS) is 21.8. The van der Waals surface area contributed by atoms with Crippen molar-refractivity contribution in [2.24, 2.45) is 0 Å². The van der Waals surface area contributed by atoms with Crippen molar-refractivity contribution >= 4 is 18.2 Å². The molecule has 0 spiro atoms. The van der Waals surface area contributed by atoms with Crippen molar-refractivity contribution in [3.8, 4) is 0 Å². The summed E-state index contributed by atoms with van der Waals surface area (Å²) >= 11 is 0. The first-order chi connectivity index (χ1) is 5.38. The molecule has 3 heteroatoms. The lowest BCUT2D eigenvalue weighted by molar-refractivity contribution is -0.115. The maximum atomic E-state index is 11.3. The maximum Gasteiger partial charge on any atom is 0.164 e. The molecule has 0 amide bonds. The van der Waals surface area contributed by atoms with E-state index in [0.717, 1.165) is 25.1 Å². The first-order valence-electron chi connectivity index (χ1n) is 4.00. The molecule has 0 aromatic carbocycles. The molecule has 0 atom stereocenters. The Balaban J connectivity index is 0.000000720. The summed E-state index contributed by atoms with van der Waals surface area (Å²) in [5.41, 5.74) is 2.26. The largest absolute Gasteiger partial charge is 0.312 e. The van der Waals surface area contributed by atoms with Gasteiger partial charge in [0.25, 0.3) is 0 Å². The van der Waals surface area contributed by atoms with Crippen molar-refractivity contribution in [2.45, 2.75) is 12.8 Å². The van der Waals surface area contributed by atoms with E-state index in [0.29, 0.717) is 12.2 Å².